The SMILES string of the molecule is COc1ccc(COc2cc(N)c(C)cc2C)cc1Br. The summed E-state index contributed by atoms with van der Waals surface area (Å²) in [5, 5.41) is 0. The topological polar surface area (TPSA) is 44.5 Å². The fourth-order valence-corrected chi connectivity index (χ4v) is 2.55. The maximum Gasteiger partial charge on any atom is 0.133 e. The fraction of sp³-hybridized carbons (Fsp3) is 0.250. The third-order valence-electron chi connectivity index (χ3n) is 3.17. The summed E-state index contributed by atoms with van der Waals surface area (Å²) in [6, 6.07) is 9.80. The molecule has 0 heterocycles. The lowest BCUT2D eigenvalue weighted by atomic mass is 10.1. The fourth-order valence-electron chi connectivity index (χ4n) is 1.96. The molecule has 0 saturated heterocycles. The van der Waals surface area contributed by atoms with Gasteiger partial charge < -0.3 is 15.2 Å². The highest BCUT2D eigenvalue weighted by atomic mass is 79.9. The normalized spacial score (nSPS) is 10.4. The van der Waals surface area contributed by atoms with E-state index in [1.54, 1.807) is 7.11 Å². The van der Waals surface area contributed by atoms with Gasteiger partial charge in [0.2, 0.25) is 0 Å². The summed E-state index contributed by atoms with van der Waals surface area (Å²) in [6.07, 6.45) is 0. The number of nitrogens with two attached hydrogens (primary N) is 1. The molecule has 0 radical (unpaired) electrons. The Morgan fingerprint density at radius 2 is 1.80 bits per heavy atom. The molecule has 3 nitrogen and oxygen atoms in total. The van der Waals surface area contributed by atoms with E-state index in [1.165, 1.54) is 0 Å². The van der Waals surface area contributed by atoms with Crippen molar-refractivity contribution in [2.45, 2.75) is 20.5 Å². The highest BCUT2D eigenvalue weighted by molar-refractivity contribution is 9.10. The zero-order valence-electron chi connectivity index (χ0n) is 11.9. The predicted molar refractivity (Wildman–Crippen MR) is 85.4 cm³/mol. The molecule has 2 aromatic rings. The number of hydrogen-bond donors (Lipinski definition) is 1. The van der Waals surface area contributed by atoms with Crippen molar-refractivity contribution in [1.82, 2.24) is 0 Å². The molecule has 4 heteroatoms. The Kier molecular flexibility index (Phi) is 4.55. The smallest absolute Gasteiger partial charge is 0.133 e. The van der Waals surface area contributed by atoms with E-state index in [1.807, 2.05) is 44.2 Å². The van der Waals surface area contributed by atoms with E-state index in [0.717, 1.165) is 38.3 Å². The maximum absolute atomic E-state index is 5.92. The molecule has 106 valence electrons. The van der Waals surface area contributed by atoms with Crippen LogP contribution in [0.2, 0.25) is 0 Å². The lowest BCUT2D eigenvalue weighted by Crippen LogP contribution is -2.00. The van der Waals surface area contributed by atoms with Crippen LogP contribution in [0.5, 0.6) is 11.5 Å². The van der Waals surface area contributed by atoms with Gasteiger partial charge in [-0.2, -0.15) is 0 Å². The number of aryl methyl sites for hydroxylation is 2. The Hall–Kier alpha value is -1.68. The zero-order chi connectivity index (χ0) is 14.7. The van der Waals surface area contributed by atoms with E-state index in [4.69, 9.17) is 15.2 Å². The molecular weight excluding hydrogens is 318 g/mol. The summed E-state index contributed by atoms with van der Waals surface area (Å²) in [4.78, 5) is 0. The summed E-state index contributed by atoms with van der Waals surface area (Å²) in [5.74, 6) is 1.63. The average Bonchev–Trinajstić information content (AvgIpc) is 2.41. The van der Waals surface area contributed by atoms with E-state index in [2.05, 4.69) is 15.9 Å². The van der Waals surface area contributed by atoms with Gasteiger partial charge in [0.15, 0.2) is 0 Å². The number of ether oxygens (including phenoxy) is 2. The molecule has 0 aromatic heterocycles. The lowest BCUT2D eigenvalue weighted by Gasteiger charge is -2.12. The largest absolute Gasteiger partial charge is 0.496 e. The summed E-state index contributed by atoms with van der Waals surface area (Å²) >= 11 is 3.47. The van der Waals surface area contributed by atoms with Gasteiger partial charge in [0.05, 0.1) is 11.6 Å². The summed E-state index contributed by atoms with van der Waals surface area (Å²) in [7, 11) is 1.65. The van der Waals surface area contributed by atoms with Gasteiger partial charge in [0.25, 0.3) is 0 Å². The van der Waals surface area contributed by atoms with Crippen molar-refractivity contribution in [1.29, 1.82) is 0 Å². The van der Waals surface area contributed by atoms with Crippen molar-refractivity contribution in [3.05, 3.63) is 51.5 Å². The van der Waals surface area contributed by atoms with Crippen LogP contribution in [0.3, 0.4) is 0 Å². The third kappa shape index (κ3) is 3.25. The van der Waals surface area contributed by atoms with Crippen LogP contribution in [0.4, 0.5) is 5.69 Å². The van der Waals surface area contributed by atoms with Crippen molar-refractivity contribution >= 4 is 21.6 Å². The first-order valence-electron chi connectivity index (χ1n) is 6.33. The van der Waals surface area contributed by atoms with Crippen LogP contribution in [-0.2, 0) is 6.61 Å². The third-order valence-corrected chi connectivity index (χ3v) is 3.79. The first-order valence-corrected chi connectivity index (χ1v) is 7.12. The Morgan fingerprint density at radius 3 is 2.45 bits per heavy atom. The molecule has 0 aliphatic rings. The number of hydrogen-bond acceptors (Lipinski definition) is 3. The van der Waals surface area contributed by atoms with Gasteiger partial charge >= 0.3 is 0 Å². The van der Waals surface area contributed by atoms with E-state index < -0.39 is 0 Å². The standard InChI is InChI=1S/C16H18BrNO2/c1-10-6-11(2)16(8-14(10)18)20-9-12-4-5-15(19-3)13(17)7-12/h4-8H,9,18H2,1-3H3. The maximum atomic E-state index is 5.92. The van der Waals surface area contributed by atoms with Crippen molar-refractivity contribution in [3.63, 3.8) is 0 Å². The first-order chi connectivity index (χ1) is 9.51. The van der Waals surface area contributed by atoms with Gasteiger partial charge in [0, 0.05) is 11.8 Å². The van der Waals surface area contributed by atoms with Crippen LogP contribution in [-0.4, -0.2) is 7.11 Å². The Balaban J connectivity index is 2.13. The molecule has 0 aliphatic heterocycles. The Bertz CT molecular complexity index is 626. The first kappa shape index (κ1) is 14.7. The van der Waals surface area contributed by atoms with Crippen molar-refractivity contribution in [2.24, 2.45) is 0 Å². The molecule has 0 fully saturated rings. The predicted octanol–water partition coefficient (Wildman–Crippen LogP) is 4.24. The minimum atomic E-state index is 0.492. The molecule has 0 atom stereocenters. The Morgan fingerprint density at radius 1 is 1.05 bits per heavy atom. The van der Waals surface area contributed by atoms with E-state index in [0.29, 0.717) is 6.61 Å². The molecule has 0 spiro atoms. The number of benzene rings is 2. The second kappa shape index (κ2) is 6.18. The number of methoxy groups -OCH3 is 1. The summed E-state index contributed by atoms with van der Waals surface area (Å²) in [6.45, 7) is 4.50. The minimum Gasteiger partial charge on any atom is -0.496 e. The van der Waals surface area contributed by atoms with E-state index in [-0.39, 0.29) is 0 Å². The molecule has 2 aromatic carbocycles. The molecule has 2 N–H and O–H groups in total. The summed E-state index contributed by atoms with van der Waals surface area (Å²) in [5.41, 5.74) is 9.89. The zero-order valence-corrected chi connectivity index (χ0v) is 13.5. The highest BCUT2D eigenvalue weighted by Crippen LogP contribution is 2.28. The second-order valence-corrected chi connectivity index (χ2v) is 5.59. The van der Waals surface area contributed by atoms with E-state index in [9.17, 15) is 0 Å². The van der Waals surface area contributed by atoms with Crippen molar-refractivity contribution in [2.75, 3.05) is 12.8 Å². The number of rotatable bonds is 4. The van der Waals surface area contributed by atoms with Crippen LogP contribution in [0.15, 0.2) is 34.8 Å². The van der Waals surface area contributed by atoms with Gasteiger partial charge in [-0.3, -0.25) is 0 Å². The molecule has 0 unspecified atom stereocenters. The number of anilines is 1. The molecule has 0 amide bonds. The van der Waals surface area contributed by atoms with Crippen LogP contribution in [0, 0.1) is 13.8 Å². The molecule has 20 heavy (non-hydrogen) atoms. The van der Waals surface area contributed by atoms with Crippen molar-refractivity contribution in [3.8, 4) is 11.5 Å². The molecule has 0 aliphatic carbocycles. The molecular formula is C16H18BrNO2. The average molecular weight is 336 g/mol. The van der Waals surface area contributed by atoms with Crippen LogP contribution < -0.4 is 15.2 Å². The van der Waals surface area contributed by atoms with Crippen LogP contribution in [0.1, 0.15) is 16.7 Å². The molecule has 0 bridgehead atoms. The number of halogens is 1. The van der Waals surface area contributed by atoms with Gasteiger partial charge in [-0.1, -0.05) is 12.1 Å². The van der Waals surface area contributed by atoms with Gasteiger partial charge in [-0.25, -0.2) is 0 Å². The van der Waals surface area contributed by atoms with Crippen molar-refractivity contribution < 1.29 is 9.47 Å². The lowest BCUT2D eigenvalue weighted by molar-refractivity contribution is 0.304. The van der Waals surface area contributed by atoms with E-state index >= 15 is 0 Å². The number of nitrogen functional groups attached to an aromatic ring is 1. The summed E-state index contributed by atoms with van der Waals surface area (Å²) < 4.78 is 12.0. The molecule has 2 rings (SSSR count). The second-order valence-electron chi connectivity index (χ2n) is 4.73. The molecule has 0 saturated carbocycles. The minimum absolute atomic E-state index is 0.492. The van der Waals surface area contributed by atoms with Crippen LogP contribution >= 0.6 is 15.9 Å². The van der Waals surface area contributed by atoms with Gasteiger partial charge in [0.1, 0.15) is 18.1 Å². The van der Waals surface area contributed by atoms with Crippen LogP contribution in [0.25, 0.3) is 0 Å². The van der Waals surface area contributed by atoms with Gasteiger partial charge in [-0.15, -0.1) is 0 Å². The Labute approximate surface area is 127 Å². The van der Waals surface area contributed by atoms with Gasteiger partial charge in [-0.05, 0) is 58.6 Å². The highest BCUT2D eigenvalue weighted by Gasteiger charge is 2.06. The quantitative estimate of drug-likeness (QED) is 0.850. The monoisotopic (exact) mass is 335 g/mol.